The maximum absolute atomic E-state index is 9.29. The summed E-state index contributed by atoms with van der Waals surface area (Å²) < 4.78 is 5.62. The zero-order chi connectivity index (χ0) is 14.2. The zero-order valence-corrected chi connectivity index (χ0v) is 11.7. The molecule has 1 aromatic heterocycles. The summed E-state index contributed by atoms with van der Waals surface area (Å²) in [7, 11) is 0. The molecule has 1 heterocycles. The van der Waals surface area contributed by atoms with E-state index in [1.165, 1.54) is 5.56 Å². The fourth-order valence-corrected chi connectivity index (χ4v) is 2.07. The standard InChI is InChI=1S/C16H20N2O2/c1-2-20-15-9-6-10-17-16(15)18(11-12-19)13-14-7-4-3-5-8-14/h3-10,19H,2,11-13H2,1H3. The van der Waals surface area contributed by atoms with Crippen LogP contribution in [-0.4, -0.2) is 29.8 Å². The number of anilines is 1. The number of aromatic nitrogens is 1. The topological polar surface area (TPSA) is 45.6 Å². The van der Waals surface area contributed by atoms with E-state index in [1.807, 2.05) is 42.2 Å². The van der Waals surface area contributed by atoms with Crippen LogP contribution < -0.4 is 9.64 Å². The maximum Gasteiger partial charge on any atom is 0.171 e. The van der Waals surface area contributed by atoms with Gasteiger partial charge in [0.25, 0.3) is 0 Å². The predicted molar refractivity (Wildman–Crippen MR) is 80.0 cm³/mol. The molecule has 4 nitrogen and oxygen atoms in total. The van der Waals surface area contributed by atoms with Gasteiger partial charge in [-0.05, 0) is 24.6 Å². The first kappa shape index (κ1) is 14.3. The van der Waals surface area contributed by atoms with E-state index >= 15 is 0 Å². The van der Waals surface area contributed by atoms with Crippen LogP contribution in [-0.2, 0) is 6.54 Å². The quantitative estimate of drug-likeness (QED) is 0.841. The van der Waals surface area contributed by atoms with E-state index in [4.69, 9.17) is 4.74 Å². The number of nitrogens with zero attached hydrogens (tertiary/aromatic N) is 2. The number of hydrogen-bond acceptors (Lipinski definition) is 4. The highest BCUT2D eigenvalue weighted by atomic mass is 16.5. The Kier molecular flexibility index (Phi) is 5.38. The Balaban J connectivity index is 2.24. The highest BCUT2D eigenvalue weighted by Crippen LogP contribution is 2.26. The van der Waals surface area contributed by atoms with Crippen molar-refractivity contribution in [1.29, 1.82) is 0 Å². The normalized spacial score (nSPS) is 10.3. The predicted octanol–water partition coefficient (Wildman–Crippen LogP) is 2.48. The van der Waals surface area contributed by atoms with Crippen molar-refractivity contribution in [2.24, 2.45) is 0 Å². The van der Waals surface area contributed by atoms with Crippen molar-refractivity contribution in [1.82, 2.24) is 4.98 Å². The van der Waals surface area contributed by atoms with Crippen molar-refractivity contribution in [3.8, 4) is 5.75 Å². The molecule has 1 aromatic carbocycles. The Hall–Kier alpha value is -2.07. The van der Waals surface area contributed by atoms with Crippen molar-refractivity contribution in [2.45, 2.75) is 13.5 Å². The van der Waals surface area contributed by atoms with Gasteiger partial charge in [-0.15, -0.1) is 0 Å². The van der Waals surface area contributed by atoms with Crippen LogP contribution in [0.15, 0.2) is 48.7 Å². The molecule has 0 aliphatic rings. The molecule has 20 heavy (non-hydrogen) atoms. The van der Waals surface area contributed by atoms with Gasteiger partial charge in [-0.3, -0.25) is 0 Å². The fourth-order valence-electron chi connectivity index (χ4n) is 2.07. The highest BCUT2D eigenvalue weighted by molar-refractivity contribution is 5.52. The summed E-state index contributed by atoms with van der Waals surface area (Å²) in [5.74, 6) is 1.52. The molecule has 0 fully saturated rings. The summed E-state index contributed by atoms with van der Waals surface area (Å²) in [6, 6.07) is 13.9. The number of rotatable bonds is 7. The summed E-state index contributed by atoms with van der Waals surface area (Å²) in [4.78, 5) is 6.43. The Morgan fingerprint density at radius 2 is 1.95 bits per heavy atom. The van der Waals surface area contributed by atoms with E-state index in [2.05, 4.69) is 17.1 Å². The molecule has 0 saturated heterocycles. The number of ether oxygens (including phenoxy) is 1. The molecular formula is C16H20N2O2. The van der Waals surface area contributed by atoms with Crippen LogP contribution in [0.1, 0.15) is 12.5 Å². The summed E-state index contributed by atoms with van der Waals surface area (Å²) in [5.41, 5.74) is 1.18. The molecule has 1 N–H and O–H groups in total. The molecule has 0 atom stereocenters. The third-order valence-electron chi connectivity index (χ3n) is 2.94. The fraction of sp³-hybridized carbons (Fsp3) is 0.312. The van der Waals surface area contributed by atoms with Crippen LogP contribution >= 0.6 is 0 Å². The van der Waals surface area contributed by atoms with Gasteiger partial charge in [-0.2, -0.15) is 0 Å². The Morgan fingerprint density at radius 1 is 1.15 bits per heavy atom. The molecule has 2 aromatic rings. The first-order valence-corrected chi connectivity index (χ1v) is 6.82. The van der Waals surface area contributed by atoms with Crippen molar-refractivity contribution < 1.29 is 9.84 Å². The molecule has 0 aliphatic carbocycles. The van der Waals surface area contributed by atoms with E-state index < -0.39 is 0 Å². The average Bonchev–Trinajstić information content (AvgIpc) is 2.49. The first-order chi connectivity index (χ1) is 9.85. The van der Waals surface area contributed by atoms with Gasteiger partial charge in [0, 0.05) is 19.3 Å². The molecule has 0 amide bonds. The molecule has 2 rings (SSSR count). The first-order valence-electron chi connectivity index (χ1n) is 6.82. The largest absolute Gasteiger partial charge is 0.490 e. The Labute approximate surface area is 119 Å². The van der Waals surface area contributed by atoms with E-state index in [9.17, 15) is 5.11 Å². The third-order valence-corrected chi connectivity index (χ3v) is 2.94. The molecule has 0 bridgehead atoms. The Morgan fingerprint density at radius 3 is 2.65 bits per heavy atom. The number of aliphatic hydroxyl groups is 1. The van der Waals surface area contributed by atoms with Gasteiger partial charge >= 0.3 is 0 Å². The highest BCUT2D eigenvalue weighted by Gasteiger charge is 2.13. The number of pyridine rings is 1. The minimum Gasteiger partial charge on any atom is -0.490 e. The molecule has 0 aliphatic heterocycles. The van der Waals surface area contributed by atoms with Gasteiger partial charge in [0.2, 0.25) is 0 Å². The van der Waals surface area contributed by atoms with Gasteiger partial charge < -0.3 is 14.7 Å². The van der Waals surface area contributed by atoms with Crippen molar-refractivity contribution >= 4 is 5.82 Å². The minimum absolute atomic E-state index is 0.0783. The van der Waals surface area contributed by atoms with E-state index in [-0.39, 0.29) is 6.61 Å². The number of aliphatic hydroxyl groups excluding tert-OH is 1. The third kappa shape index (κ3) is 3.71. The van der Waals surface area contributed by atoms with Crippen molar-refractivity contribution in [3.05, 3.63) is 54.2 Å². The van der Waals surface area contributed by atoms with Crippen molar-refractivity contribution in [2.75, 3.05) is 24.7 Å². The SMILES string of the molecule is CCOc1cccnc1N(CCO)Cc1ccccc1. The second-order valence-corrected chi connectivity index (χ2v) is 4.39. The summed E-state index contributed by atoms with van der Waals surface area (Å²) >= 11 is 0. The van der Waals surface area contributed by atoms with Crippen LogP contribution in [0.5, 0.6) is 5.75 Å². The van der Waals surface area contributed by atoms with Crippen LogP contribution in [0, 0.1) is 0 Å². The molecular weight excluding hydrogens is 252 g/mol. The van der Waals surface area contributed by atoms with Gasteiger partial charge in [0.1, 0.15) is 0 Å². The molecule has 0 saturated carbocycles. The minimum atomic E-state index is 0.0783. The molecule has 0 spiro atoms. The lowest BCUT2D eigenvalue weighted by Crippen LogP contribution is -2.27. The van der Waals surface area contributed by atoms with Crippen LogP contribution in [0.2, 0.25) is 0 Å². The molecule has 0 radical (unpaired) electrons. The van der Waals surface area contributed by atoms with Crippen LogP contribution in [0.4, 0.5) is 5.82 Å². The van der Waals surface area contributed by atoms with Crippen LogP contribution in [0.25, 0.3) is 0 Å². The lowest BCUT2D eigenvalue weighted by molar-refractivity contribution is 0.299. The molecule has 4 heteroatoms. The average molecular weight is 272 g/mol. The lowest BCUT2D eigenvalue weighted by atomic mass is 10.2. The van der Waals surface area contributed by atoms with Gasteiger partial charge in [0.05, 0.1) is 13.2 Å². The number of hydrogen-bond donors (Lipinski definition) is 1. The van der Waals surface area contributed by atoms with Gasteiger partial charge in [0.15, 0.2) is 11.6 Å². The van der Waals surface area contributed by atoms with E-state index in [0.717, 1.165) is 11.6 Å². The van der Waals surface area contributed by atoms with Crippen molar-refractivity contribution in [3.63, 3.8) is 0 Å². The molecule has 106 valence electrons. The smallest absolute Gasteiger partial charge is 0.171 e. The lowest BCUT2D eigenvalue weighted by Gasteiger charge is -2.24. The summed E-state index contributed by atoms with van der Waals surface area (Å²) in [6.07, 6.45) is 1.74. The zero-order valence-electron chi connectivity index (χ0n) is 11.7. The van der Waals surface area contributed by atoms with E-state index in [0.29, 0.717) is 19.7 Å². The van der Waals surface area contributed by atoms with E-state index in [1.54, 1.807) is 6.20 Å². The summed E-state index contributed by atoms with van der Waals surface area (Å²) in [5, 5.41) is 9.29. The maximum atomic E-state index is 9.29. The monoisotopic (exact) mass is 272 g/mol. The second-order valence-electron chi connectivity index (χ2n) is 4.39. The van der Waals surface area contributed by atoms with Gasteiger partial charge in [-0.1, -0.05) is 30.3 Å². The Bertz CT molecular complexity index is 517. The summed E-state index contributed by atoms with van der Waals surface area (Å²) in [6.45, 7) is 3.83. The van der Waals surface area contributed by atoms with Gasteiger partial charge in [-0.25, -0.2) is 4.98 Å². The van der Waals surface area contributed by atoms with Crippen LogP contribution in [0.3, 0.4) is 0 Å². The number of benzene rings is 1. The second kappa shape index (κ2) is 7.50. The molecule has 0 unspecified atom stereocenters.